The van der Waals surface area contributed by atoms with Gasteiger partial charge in [0.2, 0.25) is 11.9 Å². The molecule has 0 bridgehead atoms. The number of benzene rings is 4. The third-order valence-corrected chi connectivity index (χ3v) is 6.07. The van der Waals surface area contributed by atoms with Gasteiger partial charge in [-0.15, -0.1) is 0 Å². The summed E-state index contributed by atoms with van der Waals surface area (Å²) in [6.07, 6.45) is 5.74. The molecule has 5 heteroatoms. The largest absolute Gasteiger partial charge is 0.495 e. The van der Waals surface area contributed by atoms with E-state index in [2.05, 4.69) is 23.1 Å². The van der Waals surface area contributed by atoms with Gasteiger partial charge in [0, 0.05) is 17.8 Å². The minimum atomic E-state index is 0.743. The van der Waals surface area contributed by atoms with Crippen LogP contribution in [0.25, 0.3) is 22.4 Å². The molecule has 0 unspecified atom stereocenters. The molecule has 0 spiro atoms. The molecule has 4 aromatic carbocycles. The van der Waals surface area contributed by atoms with Crippen LogP contribution < -0.4 is 9.47 Å². The fourth-order valence-electron chi connectivity index (χ4n) is 4.23. The van der Waals surface area contributed by atoms with Gasteiger partial charge >= 0.3 is 6.01 Å². The van der Waals surface area contributed by atoms with Crippen molar-refractivity contribution in [3.8, 4) is 45.4 Å². The summed E-state index contributed by atoms with van der Waals surface area (Å²) in [6.45, 7) is 0. The highest BCUT2D eigenvalue weighted by atomic mass is 16.5. The Morgan fingerprint density at radius 2 is 1.21 bits per heavy atom. The second-order valence-corrected chi connectivity index (χ2v) is 8.88. The van der Waals surface area contributed by atoms with E-state index in [0.717, 1.165) is 51.1 Å². The number of hydrogen-bond donors (Lipinski definition) is 0. The Balaban J connectivity index is 1.24. The number of para-hydroxylation sites is 1. The van der Waals surface area contributed by atoms with Crippen LogP contribution >= 0.6 is 0 Å². The third-order valence-electron chi connectivity index (χ3n) is 6.07. The highest BCUT2D eigenvalue weighted by molar-refractivity contribution is 5.72. The molecule has 6 rings (SSSR count). The fraction of sp³-hybridized carbons (Fsp3) is 0.0303. The molecule has 5 nitrogen and oxygen atoms in total. The van der Waals surface area contributed by atoms with Gasteiger partial charge in [0.15, 0.2) is 7.05 Å². The molecule has 1 aliphatic heterocycles. The summed E-state index contributed by atoms with van der Waals surface area (Å²) in [5, 5.41) is 0. The topological polar surface area (TPSA) is 37.4 Å². The van der Waals surface area contributed by atoms with E-state index in [1.807, 2.05) is 138 Å². The van der Waals surface area contributed by atoms with E-state index in [1.54, 1.807) is 0 Å². The Morgan fingerprint density at radius 1 is 0.579 bits per heavy atom. The molecule has 38 heavy (non-hydrogen) atoms. The molecule has 0 N–H and O–H groups in total. The Kier molecular flexibility index (Phi) is 6.34. The van der Waals surface area contributed by atoms with Crippen LogP contribution in [0.4, 0.5) is 5.69 Å². The van der Waals surface area contributed by atoms with E-state index in [4.69, 9.17) is 9.47 Å². The molecule has 0 fully saturated rings. The number of nitrogens with zero attached hydrogens (tertiary/aromatic N) is 3. The normalized spacial score (nSPS) is 12.1. The van der Waals surface area contributed by atoms with Crippen molar-refractivity contribution in [2.24, 2.45) is 0 Å². The van der Waals surface area contributed by atoms with Crippen molar-refractivity contribution >= 4 is 11.7 Å². The second-order valence-electron chi connectivity index (χ2n) is 8.88. The van der Waals surface area contributed by atoms with Gasteiger partial charge in [-0.25, -0.2) is 0 Å². The van der Waals surface area contributed by atoms with Crippen LogP contribution in [0.2, 0.25) is 0 Å². The lowest BCUT2D eigenvalue weighted by atomic mass is 10.0. The van der Waals surface area contributed by atoms with Crippen molar-refractivity contribution in [3.05, 3.63) is 134 Å². The summed E-state index contributed by atoms with van der Waals surface area (Å²) in [7, 11) is 1.95. The number of hydrogen-bond acceptors (Lipinski definition) is 3. The zero-order chi connectivity index (χ0) is 25.7. The maximum absolute atomic E-state index is 6.22. The van der Waals surface area contributed by atoms with E-state index < -0.39 is 0 Å². The molecule has 0 aliphatic carbocycles. The van der Waals surface area contributed by atoms with E-state index in [-0.39, 0.29) is 0 Å². The minimum absolute atomic E-state index is 0.743. The molecule has 182 valence electrons. The molecule has 0 saturated carbocycles. The average molecular weight is 496 g/mol. The molecule has 0 radical (unpaired) electrons. The Morgan fingerprint density at radius 3 is 1.97 bits per heavy atom. The molecule has 0 atom stereocenters. The van der Waals surface area contributed by atoms with Crippen molar-refractivity contribution in [2.45, 2.75) is 0 Å². The molecule has 5 aromatic rings. The zero-order valence-corrected chi connectivity index (χ0v) is 20.9. The highest BCUT2D eigenvalue weighted by Gasteiger charge is 2.17. The maximum Gasteiger partial charge on any atom is 0.495 e. The molecule has 2 heterocycles. The zero-order valence-electron chi connectivity index (χ0n) is 20.9. The first-order valence-electron chi connectivity index (χ1n) is 12.3. The van der Waals surface area contributed by atoms with Gasteiger partial charge in [-0.05, 0) is 65.7 Å². The van der Waals surface area contributed by atoms with Crippen molar-refractivity contribution in [3.63, 3.8) is 0 Å². The lowest BCUT2D eigenvalue weighted by Crippen LogP contribution is -1.94. The Hall–Kier alpha value is -5.25. The van der Waals surface area contributed by atoms with E-state index in [1.165, 1.54) is 0 Å². The first-order chi connectivity index (χ1) is 18.7. The summed E-state index contributed by atoms with van der Waals surface area (Å²) in [5.74, 6) is 3.09. The monoisotopic (exact) mass is 495 g/mol. The van der Waals surface area contributed by atoms with Crippen molar-refractivity contribution in [2.75, 3.05) is 7.05 Å². The van der Waals surface area contributed by atoms with Gasteiger partial charge in [0.1, 0.15) is 23.0 Å². The number of ether oxygens (including phenoxy) is 2. The van der Waals surface area contributed by atoms with E-state index in [9.17, 15) is 0 Å². The van der Waals surface area contributed by atoms with Crippen LogP contribution in [0, 0.1) is 0 Å². The van der Waals surface area contributed by atoms with Crippen molar-refractivity contribution in [1.82, 2.24) is 4.98 Å². The molecule has 0 amide bonds. The van der Waals surface area contributed by atoms with Crippen molar-refractivity contribution < 1.29 is 18.6 Å². The van der Waals surface area contributed by atoms with Crippen LogP contribution in [-0.2, 0) is 0 Å². The second kappa shape index (κ2) is 10.4. The number of rotatable bonds is 7. The third kappa shape index (κ3) is 5.29. The Labute approximate surface area is 221 Å². The first-order valence-corrected chi connectivity index (χ1v) is 12.3. The first kappa shape index (κ1) is 23.2. The summed E-state index contributed by atoms with van der Waals surface area (Å²) >= 11 is 0. The van der Waals surface area contributed by atoms with Crippen LogP contribution in [0.1, 0.15) is 0 Å². The lowest BCUT2D eigenvalue weighted by molar-refractivity contribution is -0.429. The molecule has 1 aliphatic rings. The SMILES string of the molecule is C[N+]1=C=[N+](c2cccc(Oc3cccc(-c4cc(-c5cccc(Oc6ccccc6)c5)ccn4)c3)c2)C=C1. The van der Waals surface area contributed by atoms with Gasteiger partial charge in [-0.3, -0.25) is 4.98 Å². The van der Waals surface area contributed by atoms with E-state index >= 15 is 0 Å². The van der Waals surface area contributed by atoms with Gasteiger partial charge < -0.3 is 9.47 Å². The summed E-state index contributed by atoms with van der Waals surface area (Å²) in [6, 6.07) is 41.1. The van der Waals surface area contributed by atoms with Gasteiger partial charge in [-0.2, -0.15) is 0 Å². The highest BCUT2D eigenvalue weighted by Crippen LogP contribution is 2.32. The summed E-state index contributed by atoms with van der Waals surface area (Å²) < 4.78 is 16.1. The quantitative estimate of drug-likeness (QED) is 0.215. The summed E-state index contributed by atoms with van der Waals surface area (Å²) in [4.78, 5) is 4.63. The number of pyridine rings is 1. The minimum Gasteiger partial charge on any atom is -0.457 e. The van der Waals surface area contributed by atoms with Crippen molar-refractivity contribution in [1.29, 1.82) is 0 Å². The molecular formula is C33H25N3O2+2. The van der Waals surface area contributed by atoms with Gasteiger partial charge in [0.25, 0.3) is 6.20 Å². The Bertz CT molecular complexity index is 1720. The lowest BCUT2D eigenvalue weighted by Gasteiger charge is -2.10. The van der Waals surface area contributed by atoms with Gasteiger partial charge in [-0.1, -0.05) is 57.7 Å². The standard InChI is InChI=1S/C33H25N3O2/c1-35-18-19-36(24-35)28-10-7-15-32(23-28)38-31-14-6-9-27(21-31)33-22-26(16-17-34-33)25-8-5-13-30(20-25)37-29-11-3-2-4-12-29/h2-23H,1H3/q+2. The van der Waals surface area contributed by atoms with Crippen LogP contribution in [-0.4, -0.2) is 27.2 Å². The molecule has 0 saturated heterocycles. The smallest absolute Gasteiger partial charge is 0.457 e. The predicted octanol–water partition coefficient (Wildman–Crippen LogP) is 7.95. The molecular weight excluding hydrogens is 470 g/mol. The fourth-order valence-corrected chi connectivity index (χ4v) is 4.23. The van der Waals surface area contributed by atoms with Gasteiger partial charge in [0.05, 0.1) is 11.8 Å². The van der Waals surface area contributed by atoms with Crippen LogP contribution in [0.5, 0.6) is 23.0 Å². The average Bonchev–Trinajstić information content (AvgIpc) is 3.40. The van der Waals surface area contributed by atoms with Crippen LogP contribution in [0.15, 0.2) is 134 Å². The van der Waals surface area contributed by atoms with E-state index in [0.29, 0.717) is 0 Å². The predicted molar refractivity (Wildman–Crippen MR) is 148 cm³/mol. The maximum atomic E-state index is 6.22. The molecule has 1 aromatic heterocycles. The number of aromatic nitrogens is 1. The summed E-state index contributed by atoms with van der Waals surface area (Å²) in [5.41, 5.74) is 4.94. The van der Waals surface area contributed by atoms with Crippen LogP contribution in [0.3, 0.4) is 0 Å².